The van der Waals surface area contributed by atoms with Crippen LogP contribution < -0.4 is 5.32 Å². The molecule has 0 aliphatic heterocycles. The first-order valence-electron chi connectivity index (χ1n) is 10.4. The van der Waals surface area contributed by atoms with E-state index in [4.69, 9.17) is 16.6 Å². The van der Waals surface area contributed by atoms with Crippen LogP contribution >= 0.6 is 34.7 Å². The normalized spacial score (nSPS) is 11.8. The van der Waals surface area contributed by atoms with Crippen LogP contribution in [0.15, 0.2) is 53.4 Å². The predicted octanol–water partition coefficient (Wildman–Crippen LogP) is 6.86. The monoisotopic (exact) mass is 484 g/mol. The van der Waals surface area contributed by atoms with E-state index in [9.17, 15) is 4.79 Å². The van der Waals surface area contributed by atoms with Crippen LogP contribution in [-0.4, -0.2) is 26.4 Å². The summed E-state index contributed by atoms with van der Waals surface area (Å²) in [4.78, 5) is 18.4. The fourth-order valence-corrected chi connectivity index (χ4v) is 5.15. The summed E-state index contributed by atoms with van der Waals surface area (Å²) in [7, 11) is 0. The standard InChI is InChI=1S/C24H25ClN4OS2/c1-15-13-21(27-22(30)11-12-31-18-8-6-17(25)7-9-18)29(28-15)23-26-19-10-5-16(24(2,3)4)14-20(19)32-23/h5-10,13-14H,11-12H2,1-4H3,(H,27,30). The highest BCUT2D eigenvalue weighted by Gasteiger charge is 2.18. The lowest BCUT2D eigenvalue weighted by molar-refractivity contribution is -0.115. The number of carbonyl (C=O) groups is 1. The van der Waals surface area contributed by atoms with Gasteiger partial charge in [0.2, 0.25) is 11.0 Å². The first-order valence-corrected chi connectivity index (χ1v) is 12.5. The Labute approximate surface area is 201 Å². The summed E-state index contributed by atoms with van der Waals surface area (Å²) >= 11 is 9.12. The van der Waals surface area contributed by atoms with Crippen LogP contribution in [-0.2, 0) is 10.2 Å². The molecule has 0 unspecified atom stereocenters. The number of aromatic nitrogens is 3. The summed E-state index contributed by atoms with van der Waals surface area (Å²) in [5.41, 5.74) is 3.10. The summed E-state index contributed by atoms with van der Waals surface area (Å²) in [6, 6.07) is 15.9. The molecule has 0 aliphatic rings. The molecule has 1 N–H and O–H groups in total. The third kappa shape index (κ3) is 5.34. The molecule has 0 spiro atoms. The minimum atomic E-state index is -0.0521. The predicted molar refractivity (Wildman–Crippen MR) is 136 cm³/mol. The van der Waals surface area contributed by atoms with Gasteiger partial charge in [-0.05, 0) is 54.3 Å². The highest BCUT2D eigenvalue weighted by atomic mass is 35.5. The zero-order chi connectivity index (χ0) is 22.9. The van der Waals surface area contributed by atoms with Crippen molar-refractivity contribution >= 4 is 56.6 Å². The van der Waals surface area contributed by atoms with Crippen molar-refractivity contribution in [3.05, 3.63) is 64.8 Å². The highest BCUT2D eigenvalue weighted by Crippen LogP contribution is 2.31. The Morgan fingerprint density at radius 1 is 1.16 bits per heavy atom. The van der Waals surface area contributed by atoms with Crippen LogP contribution in [0, 0.1) is 6.92 Å². The van der Waals surface area contributed by atoms with Crippen LogP contribution in [0.25, 0.3) is 15.3 Å². The van der Waals surface area contributed by atoms with Crippen LogP contribution in [0.4, 0.5) is 5.82 Å². The van der Waals surface area contributed by atoms with Gasteiger partial charge in [-0.1, -0.05) is 49.8 Å². The fourth-order valence-electron chi connectivity index (χ4n) is 3.20. The number of aryl methyl sites for hydroxylation is 1. The van der Waals surface area contributed by atoms with Gasteiger partial charge >= 0.3 is 0 Å². The number of nitrogens with zero attached hydrogens (tertiary/aromatic N) is 3. The van der Waals surface area contributed by atoms with Crippen molar-refractivity contribution < 1.29 is 4.79 Å². The van der Waals surface area contributed by atoms with Gasteiger partial charge in [-0.25, -0.2) is 4.98 Å². The first kappa shape index (κ1) is 22.8. The van der Waals surface area contributed by atoms with E-state index in [0.717, 1.165) is 25.9 Å². The Balaban J connectivity index is 1.47. The topological polar surface area (TPSA) is 59.8 Å². The second-order valence-corrected chi connectivity index (χ2v) is 11.2. The van der Waals surface area contributed by atoms with E-state index in [1.54, 1.807) is 27.8 Å². The largest absolute Gasteiger partial charge is 0.310 e. The van der Waals surface area contributed by atoms with E-state index >= 15 is 0 Å². The molecule has 8 heteroatoms. The average Bonchev–Trinajstić information content (AvgIpc) is 3.31. The third-order valence-electron chi connectivity index (χ3n) is 4.93. The molecule has 2 aromatic heterocycles. The third-order valence-corrected chi connectivity index (χ3v) is 7.19. The van der Waals surface area contributed by atoms with Crippen molar-refractivity contribution in [1.29, 1.82) is 0 Å². The maximum absolute atomic E-state index is 12.6. The van der Waals surface area contributed by atoms with Gasteiger partial charge in [0.15, 0.2) is 0 Å². The molecule has 4 aromatic rings. The van der Waals surface area contributed by atoms with Gasteiger partial charge in [0.05, 0.1) is 15.9 Å². The van der Waals surface area contributed by atoms with E-state index in [1.807, 2.05) is 37.3 Å². The summed E-state index contributed by atoms with van der Waals surface area (Å²) in [6.07, 6.45) is 0.395. The minimum Gasteiger partial charge on any atom is -0.310 e. The Bertz CT molecular complexity index is 1260. The molecule has 0 saturated heterocycles. The minimum absolute atomic E-state index is 0.0521. The van der Waals surface area contributed by atoms with Gasteiger partial charge in [0, 0.05) is 28.2 Å². The summed E-state index contributed by atoms with van der Waals surface area (Å²) in [5.74, 6) is 1.26. The molecule has 32 heavy (non-hydrogen) atoms. The number of carbonyl (C=O) groups excluding carboxylic acids is 1. The summed E-state index contributed by atoms with van der Waals surface area (Å²) < 4.78 is 2.83. The highest BCUT2D eigenvalue weighted by molar-refractivity contribution is 7.99. The maximum Gasteiger partial charge on any atom is 0.226 e. The second-order valence-electron chi connectivity index (χ2n) is 8.61. The fraction of sp³-hybridized carbons (Fsp3) is 0.292. The molecule has 0 bridgehead atoms. The molecule has 166 valence electrons. The molecule has 0 radical (unpaired) electrons. The van der Waals surface area contributed by atoms with E-state index in [2.05, 4.69) is 49.4 Å². The van der Waals surface area contributed by atoms with Gasteiger partial charge in [0.1, 0.15) is 5.82 Å². The number of anilines is 1. The number of thioether (sulfide) groups is 1. The number of hydrogen-bond acceptors (Lipinski definition) is 5. The molecule has 5 nitrogen and oxygen atoms in total. The van der Waals surface area contributed by atoms with Crippen molar-refractivity contribution in [3.8, 4) is 5.13 Å². The molecular weight excluding hydrogens is 460 g/mol. The SMILES string of the molecule is Cc1cc(NC(=O)CCSc2ccc(Cl)cc2)n(-c2nc3ccc(C(C)(C)C)cc3s2)n1. The zero-order valence-electron chi connectivity index (χ0n) is 18.5. The molecular formula is C24H25ClN4OS2. The first-order chi connectivity index (χ1) is 15.2. The number of hydrogen-bond donors (Lipinski definition) is 1. The van der Waals surface area contributed by atoms with Crippen LogP contribution in [0.3, 0.4) is 0 Å². The van der Waals surface area contributed by atoms with E-state index in [-0.39, 0.29) is 11.3 Å². The van der Waals surface area contributed by atoms with Gasteiger partial charge < -0.3 is 5.32 Å². The van der Waals surface area contributed by atoms with E-state index in [0.29, 0.717) is 23.0 Å². The van der Waals surface area contributed by atoms with Gasteiger partial charge in [0.25, 0.3) is 0 Å². The van der Waals surface area contributed by atoms with Crippen molar-refractivity contribution in [2.24, 2.45) is 0 Å². The van der Waals surface area contributed by atoms with Crippen LogP contribution in [0.5, 0.6) is 0 Å². The van der Waals surface area contributed by atoms with Crippen molar-refractivity contribution in [1.82, 2.24) is 14.8 Å². The van der Waals surface area contributed by atoms with E-state index in [1.165, 1.54) is 5.56 Å². The van der Waals surface area contributed by atoms with Crippen molar-refractivity contribution in [2.75, 3.05) is 11.1 Å². The Kier molecular flexibility index (Phi) is 6.60. The number of halogens is 1. The number of amides is 1. The van der Waals surface area contributed by atoms with Crippen LogP contribution in [0.1, 0.15) is 38.4 Å². The number of nitrogens with one attached hydrogen (secondary N) is 1. The van der Waals surface area contributed by atoms with Gasteiger partial charge in [-0.2, -0.15) is 9.78 Å². The number of fused-ring (bicyclic) bond motifs is 1. The van der Waals surface area contributed by atoms with Gasteiger partial charge in [-0.15, -0.1) is 11.8 Å². The molecule has 0 atom stereocenters. The molecule has 0 fully saturated rings. The van der Waals surface area contributed by atoms with Crippen molar-refractivity contribution in [2.45, 2.75) is 44.4 Å². The molecule has 1 amide bonds. The smallest absolute Gasteiger partial charge is 0.226 e. The molecule has 0 saturated carbocycles. The lowest BCUT2D eigenvalue weighted by Gasteiger charge is -2.18. The number of thiazole rings is 1. The lowest BCUT2D eigenvalue weighted by Crippen LogP contribution is -2.15. The average molecular weight is 485 g/mol. The maximum atomic E-state index is 12.6. The quantitative estimate of drug-likeness (QED) is 0.303. The Morgan fingerprint density at radius 3 is 2.62 bits per heavy atom. The van der Waals surface area contributed by atoms with Crippen molar-refractivity contribution in [3.63, 3.8) is 0 Å². The lowest BCUT2D eigenvalue weighted by atomic mass is 9.87. The second kappa shape index (κ2) is 9.25. The van der Waals surface area contributed by atoms with Gasteiger partial charge in [-0.3, -0.25) is 4.79 Å². The molecule has 0 aliphatic carbocycles. The molecule has 4 rings (SSSR count). The zero-order valence-corrected chi connectivity index (χ0v) is 20.9. The Morgan fingerprint density at radius 2 is 1.91 bits per heavy atom. The Hall–Kier alpha value is -2.35. The molecule has 2 aromatic carbocycles. The number of rotatable bonds is 6. The summed E-state index contributed by atoms with van der Waals surface area (Å²) in [5, 5.41) is 9.02. The van der Waals surface area contributed by atoms with Crippen LogP contribution in [0.2, 0.25) is 5.02 Å². The van der Waals surface area contributed by atoms with E-state index < -0.39 is 0 Å². The molecule has 2 heterocycles. The summed E-state index contributed by atoms with van der Waals surface area (Å²) in [6.45, 7) is 8.51. The number of benzene rings is 2.